The van der Waals surface area contributed by atoms with Gasteiger partial charge >= 0.3 is 5.97 Å². The number of hydrogen-bond donors (Lipinski definition) is 1. The van der Waals surface area contributed by atoms with Crippen LogP contribution in [0, 0.1) is 51.2 Å². The number of fused-ring (bicyclic) bond motifs is 8. The van der Waals surface area contributed by atoms with Gasteiger partial charge in [0.1, 0.15) is 5.69 Å². The quantitative estimate of drug-likeness (QED) is 0.140. The van der Waals surface area contributed by atoms with Gasteiger partial charge in [-0.15, -0.1) is 5.10 Å². The standard InChI is InChI=1S/C46H60N6O3/c1-29(2)33-16-19-46(41(54)49-26-32-28-52(51-50-32)27-31(40(53)55-8)24-30-12-10-9-11-13-30)21-20-44(6)34(38(33)46)14-15-37-43(5)25-35-39(48-23-22-47-35)42(3,4)36(43)17-18-45(37,44)7/h9-13,22-24,28,33-34,36-38H,1,14-21,25-27H2,2-8H3,(H,49,54)/b31-24+/t33-,34+,36-,37+,38+,43-,44+,45+,46-/m0/s1. The van der Waals surface area contributed by atoms with Crippen molar-refractivity contribution in [3.8, 4) is 0 Å². The first-order valence-corrected chi connectivity index (χ1v) is 20.6. The molecule has 0 unspecified atom stereocenters. The van der Waals surface area contributed by atoms with Crippen molar-refractivity contribution in [1.82, 2.24) is 30.3 Å². The molecule has 5 aliphatic carbocycles. The van der Waals surface area contributed by atoms with Gasteiger partial charge in [-0.05, 0) is 122 Å². The minimum atomic E-state index is -0.425. The zero-order valence-corrected chi connectivity index (χ0v) is 34.0. The summed E-state index contributed by atoms with van der Waals surface area (Å²) in [5.41, 5.74) is 5.67. The number of esters is 1. The Balaban J connectivity index is 1.03. The maximum absolute atomic E-state index is 14.7. The van der Waals surface area contributed by atoms with E-state index in [4.69, 9.17) is 14.7 Å². The first-order chi connectivity index (χ1) is 26.2. The van der Waals surface area contributed by atoms with Crippen molar-refractivity contribution in [3.05, 3.63) is 89.3 Å². The zero-order chi connectivity index (χ0) is 39.0. The lowest BCUT2D eigenvalue weighted by molar-refractivity contribution is -0.225. The molecule has 0 bridgehead atoms. The molecule has 1 amide bonds. The number of methoxy groups -OCH3 is 1. The molecule has 2 aromatic heterocycles. The van der Waals surface area contributed by atoms with Gasteiger partial charge in [0, 0.05) is 17.8 Å². The Morgan fingerprint density at radius 3 is 2.45 bits per heavy atom. The number of amides is 1. The van der Waals surface area contributed by atoms with Crippen LogP contribution in [-0.2, 0) is 39.3 Å². The average Bonchev–Trinajstić information content (AvgIpc) is 3.79. The van der Waals surface area contributed by atoms with Gasteiger partial charge in [0.05, 0.1) is 48.8 Å². The summed E-state index contributed by atoms with van der Waals surface area (Å²) in [4.78, 5) is 37.3. The molecule has 8 rings (SSSR count). The molecule has 1 aromatic carbocycles. The lowest BCUT2D eigenvalue weighted by Crippen LogP contribution is -2.67. The molecule has 5 aliphatic rings. The Morgan fingerprint density at radius 1 is 0.945 bits per heavy atom. The van der Waals surface area contributed by atoms with E-state index in [1.807, 2.05) is 55.0 Å². The van der Waals surface area contributed by atoms with E-state index in [0.717, 1.165) is 44.1 Å². The van der Waals surface area contributed by atoms with Crippen LogP contribution in [0.25, 0.3) is 6.08 Å². The van der Waals surface area contributed by atoms with Gasteiger partial charge in [0.2, 0.25) is 5.91 Å². The van der Waals surface area contributed by atoms with Crippen molar-refractivity contribution in [3.63, 3.8) is 0 Å². The number of carbonyl (C=O) groups excluding carboxylic acids is 2. The number of aromatic nitrogens is 5. The molecule has 9 atom stereocenters. The summed E-state index contributed by atoms with van der Waals surface area (Å²) in [6.07, 6.45) is 17.1. The highest BCUT2D eigenvalue weighted by Gasteiger charge is 2.72. The number of carbonyl (C=O) groups is 2. The Bertz CT molecular complexity index is 2020. The van der Waals surface area contributed by atoms with Gasteiger partial charge in [-0.3, -0.25) is 14.8 Å². The van der Waals surface area contributed by atoms with Gasteiger partial charge < -0.3 is 10.1 Å². The van der Waals surface area contributed by atoms with Crippen molar-refractivity contribution in [2.45, 2.75) is 118 Å². The Labute approximate surface area is 327 Å². The molecule has 0 spiro atoms. The van der Waals surface area contributed by atoms with Crippen LogP contribution in [0.4, 0.5) is 0 Å². The van der Waals surface area contributed by atoms with E-state index in [-0.39, 0.29) is 40.0 Å². The van der Waals surface area contributed by atoms with E-state index < -0.39 is 11.4 Å². The molecule has 4 fully saturated rings. The van der Waals surface area contributed by atoms with Crippen molar-refractivity contribution in [1.29, 1.82) is 0 Å². The fraction of sp³-hybridized carbons (Fsp3) is 0.609. The molecule has 55 heavy (non-hydrogen) atoms. The second-order valence-electron chi connectivity index (χ2n) is 19.3. The second-order valence-corrected chi connectivity index (χ2v) is 19.3. The molecule has 1 N–H and O–H groups in total. The molecule has 0 aliphatic heterocycles. The number of ether oxygens (including phenoxy) is 1. The summed E-state index contributed by atoms with van der Waals surface area (Å²) in [5, 5.41) is 12.1. The number of hydrogen-bond acceptors (Lipinski definition) is 7. The summed E-state index contributed by atoms with van der Waals surface area (Å²) in [6, 6.07) is 9.68. The van der Waals surface area contributed by atoms with Gasteiger partial charge in [-0.1, -0.05) is 82.3 Å². The second kappa shape index (κ2) is 13.5. The maximum Gasteiger partial charge on any atom is 0.335 e. The van der Waals surface area contributed by atoms with Crippen LogP contribution in [0.1, 0.15) is 116 Å². The molecular formula is C46H60N6O3. The number of nitrogens with one attached hydrogen (secondary N) is 1. The molecule has 4 saturated carbocycles. The maximum atomic E-state index is 14.7. The zero-order valence-electron chi connectivity index (χ0n) is 34.0. The number of allylic oxidation sites excluding steroid dienone is 1. The minimum Gasteiger partial charge on any atom is -0.466 e. The van der Waals surface area contributed by atoms with Crippen molar-refractivity contribution < 1.29 is 14.3 Å². The third kappa shape index (κ3) is 5.76. The number of rotatable bonds is 8. The summed E-state index contributed by atoms with van der Waals surface area (Å²) in [5.74, 6) is 1.96. The average molecular weight is 745 g/mol. The van der Waals surface area contributed by atoms with Crippen LogP contribution in [0.2, 0.25) is 0 Å². The summed E-state index contributed by atoms with van der Waals surface area (Å²) in [7, 11) is 1.38. The van der Waals surface area contributed by atoms with E-state index in [1.165, 1.54) is 43.3 Å². The van der Waals surface area contributed by atoms with Crippen LogP contribution >= 0.6 is 0 Å². The lowest BCUT2D eigenvalue weighted by Gasteiger charge is -2.72. The molecular weight excluding hydrogens is 685 g/mol. The normalized spacial score (nSPS) is 36.0. The van der Waals surface area contributed by atoms with E-state index in [0.29, 0.717) is 41.5 Å². The molecule has 9 heteroatoms. The first-order valence-electron chi connectivity index (χ1n) is 20.6. The highest BCUT2D eigenvalue weighted by Crippen LogP contribution is 2.77. The number of benzene rings is 1. The number of nitrogens with zero attached hydrogens (tertiary/aromatic N) is 5. The van der Waals surface area contributed by atoms with Gasteiger partial charge in [-0.25, -0.2) is 9.48 Å². The first kappa shape index (κ1) is 37.8. The smallest absolute Gasteiger partial charge is 0.335 e. The predicted octanol–water partition coefficient (Wildman–Crippen LogP) is 8.31. The van der Waals surface area contributed by atoms with E-state index in [2.05, 4.69) is 63.8 Å². The summed E-state index contributed by atoms with van der Waals surface area (Å²) >= 11 is 0. The van der Waals surface area contributed by atoms with Crippen LogP contribution in [0.15, 0.2) is 66.6 Å². The molecule has 292 valence electrons. The molecule has 0 radical (unpaired) electrons. The Morgan fingerprint density at radius 2 is 1.71 bits per heavy atom. The van der Waals surface area contributed by atoms with Crippen LogP contribution in [0.3, 0.4) is 0 Å². The van der Waals surface area contributed by atoms with Gasteiger partial charge in [0.25, 0.3) is 0 Å². The third-order valence-electron chi connectivity index (χ3n) is 16.5. The highest BCUT2D eigenvalue weighted by atomic mass is 16.5. The van der Waals surface area contributed by atoms with Crippen LogP contribution in [0.5, 0.6) is 0 Å². The monoisotopic (exact) mass is 744 g/mol. The van der Waals surface area contributed by atoms with Crippen molar-refractivity contribution >= 4 is 18.0 Å². The molecule has 2 heterocycles. The largest absolute Gasteiger partial charge is 0.466 e. The van der Waals surface area contributed by atoms with E-state index in [9.17, 15) is 9.59 Å². The molecule has 9 nitrogen and oxygen atoms in total. The molecule has 0 saturated heterocycles. The summed E-state index contributed by atoms with van der Waals surface area (Å²) in [6.45, 7) is 20.0. The third-order valence-corrected chi connectivity index (χ3v) is 16.5. The van der Waals surface area contributed by atoms with Crippen LogP contribution in [-0.4, -0.2) is 43.9 Å². The van der Waals surface area contributed by atoms with E-state index in [1.54, 1.807) is 4.68 Å². The fourth-order valence-corrected chi connectivity index (χ4v) is 14.0. The van der Waals surface area contributed by atoms with Crippen LogP contribution < -0.4 is 5.32 Å². The molecule has 3 aromatic rings. The summed E-state index contributed by atoms with van der Waals surface area (Å²) < 4.78 is 6.71. The SMILES string of the molecule is C=C(C)[C@@H]1CC[C@]2(C(=O)NCc3cn(C/C(=C\c4ccccc4)C(=O)OC)nn3)CC[C@]3(C)[C@H](CC[C@@H]4[C@@]5(C)Cc6nccnc6C(C)(C)[C@@H]5CC[C@]43C)[C@@H]12. The Hall–Kier alpha value is -4.14. The topological polar surface area (TPSA) is 112 Å². The van der Waals surface area contributed by atoms with Gasteiger partial charge in [-0.2, -0.15) is 0 Å². The predicted molar refractivity (Wildman–Crippen MR) is 213 cm³/mol. The van der Waals surface area contributed by atoms with Crippen molar-refractivity contribution in [2.75, 3.05) is 7.11 Å². The van der Waals surface area contributed by atoms with Crippen molar-refractivity contribution in [2.24, 2.45) is 51.2 Å². The minimum absolute atomic E-state index is 0.0140. The lowest BCUT2D eigenvalue weighted by atomic mass is 9.32. The van der Waals surface area contributed by atoms with Gasteiger partial charge in [0.15, 0.2) is 0 Å². The fourth-order valence-electron chi connectivity index (χ4n) is 14.0. The Kier molecular flexibility index (Phi) is 9.28. The highest BCUT2D eigenvalue weighted by molar-refractivity contribution is 5.93. The van der Waals surface area contributed by atoms with E-state index >= 15 is 0 Å².